The summed E-state index contributed by atoms with van der Waals surface area (Å²) in [5, 5.41) is 2.73. The summed E-state index contributed by atoms with van der Waals surface area (Å²) in [6.45, 7) is 3.26. The van der Waals surface area contributed by atoms with Crippen LogP contribution in [-0.2, 0) is 14.3 Å². The van der Waals surface area contributed by atoms with Gasteiger partial charge in [-0.05, 0) is 12.8 Å². The van der Waals surface area contributed by atoms with Crippen molar-refractivity contribution in [3.63, 3.8) is 0 Å². The third-order valence-electron chi connectivity index (χ3n) is 2.79. The summed E-state index contributed by atoms with van der Waals surface area (Å²) < 4.78 is 4.88. The number of methoxy groups -OCH3 is 1. The van der Waals surface area contributed by atoms with Gasteiger partial charge in [0.15, 0.2) is 0 Å². The molecule has 6 nitrogen and oxygen atoms in total. The number of nitrogens with zero attached hydrogens (tertiary/aromatic N) is 1. The molecule has 0 bridgehead atoms. The van der Waals surface area contributed by atoms with Gasteiger partial charge in [0.1, 0.15) is 0 Å². The molecule has 0 heterocycles. The minimum Gasteiger partial charge on any atom is -0.385 e. The van der Waals surface area contributed by atoms with Crippen LogP contribution in [0.15, 0.2) is 0 Å². The molecule has 0 aromatic carbocycles. The van der Waals surface area contributed by atoms with Crippen molar-refractivity contribution < 1.29 is 14.3 Å². The van der Waals surface area contributed by atoms with Crippen LogP contribution in [0.4, 0.5) is 0 Å². The number of amides is 2. The number of likely N-dealkylation sites (N-methyl/N-ethyl adjacent to an activating group) is 1. The number of carbonyl (C=O) groups is 2. The second kappa shape index (κ2) is 10.8. The molecule has 0 saturated carbocycles. The van der Waals surface area contributed by atoms with E-state index in [0.717, 1.165) is 19.3 Å². The third kappa shape index (κ3) is 8.56. The summed E-state index contributed by atoms with van der Waals surface area (Å²) in [6, 6.07) is -0.508. The molecule has 112 valence electrons. The lowest BCUT2D eigenvalue weighted by Gasteiger charge is -2.20. The monoisotopic (exact) mass is 273 g/mol. The second-order valence-corrected chi connectivity index (χ2v) is 4.64. The average Bonchev–Trinajstić information content (AvgIpc) is 2.39. The summed E-state index contributed by atoms with van der Waals surface area (Å²) in [7, 11) is 3.22. The topological polar surface area (TPSA) is 84.7 Å². The zero-order chi connectivity index (χ0) is 14.7. The van der Waals surface area contributed by atoms with Crippen LogP contribution >= 0.6 is 0 Å². The van der Waals surface area contributed by atoms with Gasteiger partial charge in [-0.2, -0.15) is 0 Å². The fraction of sp³-hybridized carbons (Fsp3) is 0.846. The predicted octanol–water partition coefficient (Wildman–Crippen LogP) is 0.115. The van der Waals surface area contributed by atoms with E-state index in [9.17, 15) is 9.59 Å². The van der Waals surface area contributed by atoms with E-state index in [1.54, 1.807) is 14.2 Å². The Kier molecular flexibility index (Phi) is 10.1. The Labute approximate surface area is 115 Å². The van der Waals surface area contributed by atoms with Crippen LogP contribution in [0.3, 0.4) is 0 Å². The minimum atomic E-state index is -0.508. The van der Waals surface area contributed by atoms with Gasteiger partial charge >= 0.3 is 0 Å². The molecule has 0 fully saturated rings. The normalized spacial score (nSPS) is 12.0. The molecule has 0 aliphatic carbocycles. The van der Waals surface area contributed by atoms with Crippen LogP contribution in [0.25, 0.3) is 0 Å². The molecule has 6 heteroatoms. The van der Waals surface area contributed by atoms with Gasteiger partial charge in [-0.3, -0.25) is 9.59 Å². The van der Waals surface area contributed by atoms with Crippen molar-refractivity contribution in [3.8, 4) is 0 Å². The molecule has 1 atom stereocenters. The highest BCUT2D eigenvalue weighted by molar-refractivity contribution is 5.87. The number of unbranched alkanes of at least 4 members (excludes halogenated alkanes) is 1. The lowest BCUT2D eigenvalue weighted by Crippen LogP contribution is -2.46. The Morgan fingerprint density at radius 1 is 1.37 bits per heavy atom. The number of carbonyl (C=O) groups excluding carboxylic acids is 2. The van der Waals surface area contributed by atoms with E-state index in [4.69, 9.17) is 10.5 Å². The van der Waals surface area contributed by atoms with E-state index in [-0.39, 0.29) is 18.4 Å². The number of nitrogens with two attached hydrogens (primary N) is 1. The Bertz CT molecular complexity index is 272. The largest absolute Gasteiger partial charge is 0.385 e. The number of hydrogen-bond acceptors (Lipinski definition) is 4. The van der Waals surface area contributed by atoms with Crippen molar-refractivity contribution in [3.05, 3.63) is 0 Å². The molecular formula is C13H27N3O3. The van der Waals surface area contributed by atoms with Crippen molar-refractivity contribution >= 4 is 11.8 Å². The molecule has 0 unspecified atom stereocenters. The van der Waals surface area contributed by atoms with Gasteiger partial charge in [0.25, 0.3) is 0 Å². The lowest BCUT2D eigenvalue weighted by molar-refractivity contribution is -0.135. The van der Waals surface area contributed by atoms with E-state index in [2.05, 4.69) is 5.32 Å². The first-order valence-electron chi connectivity index (χ1n) is 6.79. The zero-order valence-electron chi connectivity index (χ0n) is 12.3. The molecule has 2 amide bonds. The SMILES string of the molecule is CCCC[C@H](N)C(=O)N(C)CC(=O)NCCCOC. The molecule has 19 heavy (non-hydrogen) atoms. The van der Waals surface area contributed by atoms with Gasteiger partial charge in [-0.1, -0.05) is 19.8 Å². The van der Waals surface area contributed by atoms with Crippen molar-refractivity contribution in [2.75, 3.05) is 33.9 Å². The number of nitrogens with one attached hydrogen (secondary N) is 1. The summed E-state index contributed by atoms with van der Waals surface area (Å²) in [5.74, 6) is -0.352. The fourth-order valence-electron chi connectivity index (χ4n) is 1.62. The van der Waals surface area contributed by atoms with Gasteiger partial charge in [0, 0.05) is 27.3 Å². The van der Waals surface area contributed by atoms with Gasteiger partial charge in [0.05, 0.1) is 12.6 Å². The highest BCUT2D eigenvalue weighted by atomic mass is 16.5. The smallest absolute Gasteiger partial charge is 0.239 e. The van der Waals surface area contributed by atoms with Crippen LogP contribution < -0.4 is 11.1 Å². The molecule has 3 N–H and O–H groups in total. The first-order valence-corrected chi connectivity index (χ1v) is 6.79. The average molecular weight is 273 g/mol. The quantitative estimate of drug-likeness (QED) is 0.554. The van der Waals surface area contributed by atoms with Crippen LogP contribution in [0.2, 0.25) is 0 Å². The minimum absolute atomic E-state index is 0.0473. The lowest BCUT2D eigenvalue weighted by atomic mass is 10.1. The summed E-state index contributed by atoms with van der Waals surface area (Å²) >= 11 is 0. The number of hydrogen-bond donors (Lipinski definition) is 2. The Balaban J connectivity index is 3.90. The summed E-state index contributed by atoms with van der Waals surface area (Å²) in [6.07, 6.45) is 3.35. The zero-order valence-corrected chi connectivity index (χ0v) is 12.3. The Hall–Kier alpha value is -1.14. The molecular weight excluding hydrogens is 246 g/mol. The molecule has 0 aromatic heterocycles. The van der Waals surface area contributed by atoms with Crippen LogP contribution in [0, 0.1) is 0 Å². The number of ether oxygens (including phenoxy) is 1. The summed E-state index contributed by atoms with van der Waals surface area (Å²) in [5.41, 5.74) is 5.78. The van der Waals surface area contributed by atoms with Crippen LogP contribution in [0.1, 0.15) is 32.6 Å². The van der Waals surface area contributed by atoms with E-state index >= 15 is 0 Å². The van der Waals surface area contributed by atoms with Gasteiger partial charge < -0.3 is 20.7 Å². The molecule has 0 saturated heterocycles. The highest BCUT2D eigenvalue weighted by Gasteiger charge is 2.19. The molecule has 0 rings (SSSR count). The standard InChI is InChI=1S/C13H27N3O3/c1-4-5-7-11(14)13(18)16(2)10-12(17)15-8-6-9-19-3/h11H,4-10,14H2,1-3H3,(H,15,17)/t11-/m0/s1. The van der Waals surface area contributed by atoms with Crippen LogP contribution in [0.5, 0.6) is 0 Å². The van der Waals surface area contributed by atoms with E-state index in [0.29, 0.717) is 19.6 Å². The highest BCUT2D eigenvalue weighted by Crippen LogP contribution is 2.01. The fourth-order valence-corrected chi connectivity index (χ4v) is 1.62. The summed E-state index contributed by atoms with van der Waals surface area (Å²) in [4.78, 5) is 24.8. The van der Waals surface area contributed by atoms with Gasteiger partial charge in [-0.25, -0.2) is 0 Å². The Morgan fingerprint density at radius 3 is 2.63 bits per heavy atom. The second-order valence-electron chi connectivity index (χ2n) is 4.64. The maximum Gasteiger partial charge on any atom is 0.239 e. The van der Waals surface area contributed by atoms with E-state index in [1.165, 1.54) is 4.90 Å². The molecule has 0 radical (unpaired) electrons. The van der Waals surface area contributed by atoms with Crippen molar-refractivity contribution in [2.24, 2.45) is 5.73 Å². The van der Waals surface area contributed by atoms with Crippen molar-refractivity contribution in [1.82, 2.24) is 10.2 Å². The molecule has 0 aliphatic heterocycles. The van der Waals surface area contributed by atoms with E-state index < -0.39 is 6.04 Å². The van der Waals surface area contributed by atoms with Crippen molar-refractivity contribution in [1.29, 1.82) is 0 Å². The first-order chi connectivity index (χ1) is 9.02. The maximum atomic E-state index is 11.9. The van der Waals surface area contributed by atoms with Gasteiger partial charge in [0.2, 0.25) is 11.8 Å². The van der Waals surface area contributed by atoms with Crippen molar-refractivity contribution in [2.45, 2.75) is 38.6 Å². The predicted molar refractivity (Wildman–Crippen MR) is 74.6 cm³/mol. The maximum absolute atomic E-state index is 11.9. The number of rotatable bonds is 10. The van der Waals surface area contributed by atoms with Crippen LogP contribution in [-0.4, -0.2) is 56.6 Å². The molecule has 0 spiro atoms. The molecule has 0 aliphatic rings. The molecule has 0 aromatic rings. The first kappa shape index (κ1) is 17.9. The van der Waals surface area contributed by atoms with Gasteiger partial charge in [-0.15, -0.1) is 0 Å². The third-order valence-corrected chi connectivity index (χ3v) is 2.79. The Morgan fingerprint density at radius 2 is 2.05 bits per heavy atom. The van der Waals surface area contributed by atoms with E-state index in [1.807, 2.05) is 6.92 Å².